The summed E-state index contributed by atoms with van der Waals surface area (Å²) in [6.07, 6.45) is 28.5. The Balaban J connectivity index is 3.31. The Labute approximate surface area is 211 Å². The predicted octanol–water partition coefficient (Wildman–Crippen LogP) is 9.79. The van der Waals surface area contributed by atoms with Crippen molar-refractivity contribution in [3.8, 4) is 0 Å². The maximum absolute atomic E-state index is 10.5. The van der Waals surface area contributed by atoms with Crippen molar-refractivity contribution in [2.24, 2.45) is 11.8 Å². The number of hydrogen-bond acceptors (Lipinski definition) is 2. The van der Waals surface area contributed by atoms with Gasteiger partial charge in [-0.25, -0.2) is 0 Å². The van der Waals surface area contributed by atoms with E-state index < -0.39 is 11.9 Å². The minimum Gasteiger partial charge on any atom is -0.481 e. The molecule has 0 saturated carbocycles. The third kappa shape index (κ3) is 27.2. The Hall–Kier alpha value is -1.06. The molecule has 2 unspecified atom stereocenters. The topological polar surface area (TPSA) is 74.6 Å². The van der Waals surface area contributed by atoms with E-state index in [1.807, 2.05) is 0 Å². The Morgan fingerprint density at radius 1 is 0.412 bits per heavy atom. The molecule has 0 heterocycles. The fourth-order valence-electron chi connectivity index (χ4n) is 4.87. The molecule has 0 aromatic carbocycles. The van der Waals surface area contributed by atoms with Gasteiger partial charge >= 0.3 is 11.9 Å². The Morgan fingerprint density at radius 3 is 0.912 bits per heavy atom. The van der Waals surface area contributed by atoms with Crippen molar-refractivity contribution in [3.63, 3.8) is 0 Å². The van der Waals surface area contributed by atoms with Gasteiger partial charge in [0.25, 0.3) is 0 Å². The van der Waals surface area contributed by atoms with E-state index in [0.29, 0.717) is 12.8 Å². The van der Waals surface area contributed by atoms with E-state index in [4.69, 9.17) is 10.2 Å². The SMILES string of the molecule is CC(CCCCCCCCCCCC(=O)O)CCC(C)CCCCCCCCCCCC(=O)O. The molecule has 202 valence electrons. The van der Waals surface area contributed by atoms with E-state index in [0.717, 1.165) is 37.5 Å². The lowest BCUT2D eigenvalue weighted by Crippen LogP contribution is -2.01. The van der Waals surface area contributed by atoms with Gasteiger partial charge in [-0.15, -0.1) is 0 Å². The third-order valence-electron chi connectivity index (χ3n) is 7.33. The molecule has 0 amide bonds. The van der Waals surface area contributed by atoms with Crippen LogP contribution in [0.15, 0.2) is 0 Å². The molecule has 0 saturated heterocycles. The molecule has 0 rings (SSSR count). The van der Waals surface area contributed by atoms with Crippen molar-refractivity contribution in [3.05, 3.63) is 0 Å². The van der Waals surface area contributed by atoms with Crippen LogP contribution in [0.5, 0.6) is 0 Å². The summed E-state index contributed by atoms with van der Waals surface area (Å²) in [5, 5.41) is 17.3. The first kappa shape index (κ1) is 32.9. The molecule has 0 bridgehead atoms. The molecule has 0 aliphatic rings. The predicted molar refractivity (Wildman–Crippen MR) is 144 cm³/mol. The van der Waals surface area contributed by atoms with Crippen molar-refractivity contribution >= 4 is 11.9 Å². The fourth-order valence-corrected chi connectivity index (χ4v) is 4.87. The molecule has 2 atom stereocenters. The summed E-state index contributed by atoms with van der Waals surface area (Å²) in [6, 6.07) is 0. The van der Waals surface area contributed by atoms with Crippen LogP contribution in [0.2, 0.25) is 0 Å². The number of carbonyl (C=O) groups is 2. The molecule has 2 N–H and O–H groups in total. The smallest absolute Gasteiger partial charge is 0.303 e. The average molecular weight is 483 g/mol. The lowest BCUT2D eigenvalue weighted by Gasteiger charge is -2.15. The van der Waals surface area contributed by atoms with E-state index in [-0.39, 0.29) is 0 Å². The summed E-state index contributed by atoms with van der Waals surface area (Å²) in [5.74, 6) is 0.413. The number of hydrogen-bond donors (Lipinski definition) is 2. The van der Waals surface area contributed by atoms with Crippen molar-refractivity contribution in [2.45, 2.75) is 168 Å². The van der Waals surface area contributed by atoms with E-state index in [1.54, 1.807) is 0 Å². The summed E-state index contributed by atoms with van der Waals surface area (Å²) in [5.41, 5.74) is 0. The second-order valence-electron chi connectivity index (χ2n) is 11.0. The van der Waals surface area contributed by atoms with Gasteiger partial charge in [-0.3, -0.25) is 9.59 Å². The molecule has 0 aliphatic carbocycles. The van der Waals surface area contributed by atoms with E-state index in [9.17, 15) is 9.59 Å². The standard InChI is InChI=1S/C30H58O4/c1-27(21-17-13-9-5-3-7-11-15-19-23-29(31)32)25-26-28(2)22-18-14-10-6-4-8-12-16-20-24-30(33)34/h27-28H,3-26H2,1-2H3,(H,31,32)(H,33,34). The van der Waals surface area contributed by atoms with Crippen LogP contribution in [0.25, 0.3) is 0 Å². The van der Waals surface area contributed by atoms with Gasteiger partial charge in [0.2, 0.25) is 0 Å². The van der Waals surface area contributed by atoms with Crippen molar-refractivity contribution in [1.29, 1.82) is 0 Å². The van der Waals surface area contributed by atoms with Crippen LogP contribution in [0.1, 0.15) is 168 Å². The number of rotatable bonds is 27. The summed E-state index contributed by atoms with van der Waals surface area (Å²) >= 11 is 0. The van der Waals surface area contributed by atoms with Crippen molar-refractivity contribution in [1.82, 2.24) is 0 Å². The normalized spacial score (nSPS) is 13.1. The van der Waals surface area contributed by atoms with Crippen LogP contribution >= 0.6 is 0 Å². The second kappa shape index (κ2) is 25.0. The molecular weight excluding hydrogens is 424 g/mol. The highest BCUT2D eigenvalue weighted by Gasteiger charge is 2.07. The molecule has 0 aromatic rings. The van der Waals surface area contributed by atoms with Gasteiger partial charge in [0.05, 0.1) is 0 Å². The van der Waals surface area contributed by atoms with Crippen LogP contribution < -0.4 is 0 Å². The summed E-state index contributed by atoms with van der Waals surface area (Å²) in [4.78, 5) is 20.9. The molecule has 0 radical (unpaired) electrons. The molecule has 0 fully saturated rings. The number of unbranched alkanes of at least 4 members (excludes halogenated alkanes) is 16. The molecule has 0 aromatic heterocycles. The van der Waals surface area contributed by atoms with E-state index in [2.05, 4.69) is 13.8 Å². The highest BCUT2D eigenvalue weighted by Crippen LogP contribution is 2.22. The van der Waals surface area contributed by atoms with Gasteiger partial charge < -0.3 is 10.2 Å². The quantitative estimate of drug-likeness (QED) is 0.114. The first-order valence-corrected chi connectivity index (χ1v) is 14.9. The molecule has 34 heavy (non-hydrogen) atoms. The third-order valence-corrected chi connectivity index (χ3v) is 7.33. The number of aliphatic carboxylic acids is 2. The van der Waals surface area contributed by atoms with Crippen molar-refractivity contribution < 1.29 is 19.8 Å². The van der Waals surface area contributed by atoms with E-state index >= 15 is 0 Å². The zero-order chi connectivity index (χ0) is 25.3. The minimum absolute atomic E-state index is 0.331. The van der Waals surface area contributed by atoms with Crippen LogP contribution in [0.3, 0.4) is 0 Å². The number of carboxylic acids is 2. The largest absolute Gasteiger partial charge is 0.481 e. The van der Waals surface area contributed by atoms with Gasteiger partial charge in [-0.2, -0.15) is 0 Å². The first-order chi connectivity index (χ1) is 16.4. The Kier molecular flexibility index (Phi) is 24.3. The maximum Gasteiger partial charge on any atom is 0.303 e. The Morgan fingerprint density at radius 2 is 0.647 bits per heavy atom. The van der Waals surface area contributed by atoms with Crippen LogP contribution in [-0.4, -0.2) is 22.2 Å². The highest BCUT2D eigenvalue weighted by atomic mass is 16.4. The zero-order valence-electron chi connectivity index (χ0n) is 22.8. The monoisotopic (exact) mass is 482 g/mol. The molecule has 0 spiro atoms. The van der Waals surface area contributed by atoms with Gasteiger partial charge in [-0.05, 0) is 24.7 Å². The van der Waals surface area contributed by atoms with Crippen LogP contribution in [-0.2, 0) is 9.59 Å². The lowest BCUT2D eigenvalue weighted by molar-refractivity contribution is -0.138. The molecular formula is C30H58O4. The highest BCUT2D eigenvalue weighted by molar-refractivity contribution is 5.66. The van der Waals surface area contributed by atoms with Crippen LogP contribution in [0.4, 0.5) is 0 Å². The maximum atomic E-state index is 10.5. The summed E-state index contributed by atoms with van der Waals surface area (Å²) in [7, 11) is 0. The van der Waals surface area contributed by atoms with Gasteiger partial charge in [0, 0.05) is 12.8 Å². The summed E-state index contributed by atoms with van der Waals surface area (Å²) < 4.78 is 0. The minimum atomic E-state index is -0.661. The second-order valence-corrected chi connectivity index (χ2v) is 11.0. The van der Waals surface area contributed by atoms with Crippen LogP contribution in [0, 0.1) is 11.8 Å². The van der Waals surface area contributed by atoms with Crippen molar-refractivity contribution in [2.75, 3.05) is 0 Å². The molecule has 4 heteroatoms. The first-order valence-electron chi connectivity index (χ1n) is 14.9. The Bertz CT molecular complexity index is 421. The van der Waals surface area contributed by atoms with Gasteiger partial charge in [-0.1, -0.05) is 142 Å². The molecule has 4 nitrogen and oxygen atoms in total. The summed E-state index contributed by atoms with van der Waals surface area (Å²) in [6.45, 7) is 4.87. The van der Waals surface area contributed by atoms with Gasteiger partial charge in [0.1, 0.15) is 0 Å². The molecule has 0 aliphatic heterocycles. The van der Waals surface area contributed by atoms with E-state index in [1.165, 1.54) is 116 Å². The lowest BCUT2D eigenvalue weighted by atomic mass is 9.91. The number of carboxylic acid groups (broad SMARTS) is 2. The fraction of sp³-hybridized carbons (Fsp3) is 0.933. The average Bonchev–Trinajstić information content (AvgIpc) is 2.79. The van der Waals surface area contributed by atoms with Gasteiger partial charge in [0.15, 0.2) is 0 Å². The zero-order valence-corrected chi connectivity index (χ0v) is 22.8.